The number of carbonyl (C=O) groups excluding carboxylic acids is 1. The number of hydrogen-bond donors (Lipinski definition) is 2. The molecule has 0 aliphatic heterocycles. The summed E-state index contributed by atoms with van der Waals surface area (Å²) in [6.45, 7) is 3.65. The highest BCUT2D eigenvalue weighted by atomic mass is 19.4. The Morgan fingerprint density at radius 2 is 1.81 bits per heavy atom. The quantitative estimate of drug-likeness (QED) is 0.671. The van der Waals surface area contributed by atoms with Gasteiger partial charge < -0.3 is 0 Å². The second-order valence-corrected chi connectivity index (χ2v) is 5.98. The molecule has 1 amide bonds. The van der Waals surface area contributed by atoms with Crippen molar-refractivity contribution in [2.75, 3.05) is 5.43 Å². The van der Waals surface area contributed by atoms with Crippen molar-refractivity contribution >= 4 is 22.5 Å². The number of hydrogen-bond acceptors (Lipinski definition) is 3. The van der Waals surface area contributed by atoms with E-state index in [9.17, 15) is 18.0 Å². The first-order valence-corrected chi connectivity index (χ1v) is 7.86. The van der Waals surface area contributed by atoms with Gasteiger partial charge in [0.25, 0.3) is 5.91 Å². The van der Waals surface area contributed by atoms with Gasteiger partial charge in [0.1, 0.15) is 0 Å². The smallest absolute Gasteiger partial charge is 0.298 e. The van der Waals surface area contributed by atoms with Crippen molar-refractivity contribution in [2.45, 2.75) is 20.0 Å². The summed E-state index contributed by atoms with van der Waals surface area (Å²) in [7, 11) is 0. The third-order valence-electron chi connectivity index (χ3n) is 3.92. The van der Waals surface area contributed by atoms with Crippen molar-refractivity contribution < 1.29 is 18.0 Å². The van der Waals surface area contributed by atoms with Crippen LogP contribution in [-0.2, 0) is 6.18 Å². The summed E-state index contributed by atoms with van der Waals surface area (Å²) in [6.07, 6.45) is -4.45. The number of carbonyl (C=O) groups is 1. The van der Waals surface area contributed by atoms with Gasteiger partial charge in [0.2, 0.25) is 0 Å². The molecule has 0 aliphatic rings. The van der Waals surface area contributed by atoms with E-state index in [4.69, 9.17) is 0 Å². The lowest BCUT2D eigenvalue weighted by atomic mass is 10.1. The highest BCUT2D eigenvalue weighted by Crippen LogP contribution is 2.30. The maximum atomic E-state index is 12.7. The lowest BCUT2D eigenvalue weighted by molar-refractivity contribution is -0.137. The Bertz CT molecular complexity index is 983. The van der Waals surface area contributed by atoms with Crippen molar-refractivity contribution in [1.82, 2.24) is 10.4 Å². The molecule has 2 aromatic carbocycles. The Labute approximate surface area is 148 Å². The number of anilines is 1. The number of alkyl halides is 3. The van der Waals surface area contributed by atoms with Gasteiger partial charge in [0.15, 0.2) is 0 Å². The minimum Gasteiger partial charge on any atom is -0.298 e. The summed E-state index contributed by atoms with van der Waals surface area (Å²) in [5.74, 6) is -0.476. The van der Waals surface area contributed by atoms with Gasteiger partial charge in [-0.25, -0.2) is 0 Å². The number of hydrazine groups is 1. The van der Waals surface area contributed by atoms with Gasteiger partial charge in [-0.2, -0.15) is 13.2 Å². The molecule has 4 nitrogen and oxygen atoms in total. The molecule has 1 heterocycles. The van der Waals surface area contributed by atoms with Crippen LogP contribution in [-0.4, -0.2) is 10.9 Å². The van der Waals surface area contributed by atoms with Crippen molar-refractivity contribution in [3.05, 3.63) is 70.9 Å². The van der Waals surface area contributed by atoms with Crippen LogP contribution < -0.4 is 10.9 Å². The number of halogens is 3. The summed E-state index contributed by atoms with van der Waals surface area (Å²) in [5.41, 5.74) is 6.97. The Balaban J connectivity index is 1.80. The number of nitrogens with zero attached hydrogens (tertiary/aromatic N) is 1. The summed E-state index contributed by atoms with van der Waals surface area (Å²) < 4.78 is 38.2. The normalized spacial score (nSPS) is 11.4. The van der Waals surface area contributed by atoms with Gasteiger partial charge in [-0.1, -0.05) is 17.7 Å². The summed E-state index contributed by atoms with van der Waals surface area (Å²) >= 11 is 0. The van der Waals surface area contributed by atoms with Crippen LogP contribution in [0.25, 0.3) is 10.9 Å². The third-order valence-corrected chi connectivity index (χ3v) is 3.92. The third kappa shape index (κ3) is 3.77. The Kier molecular flexibility index (Phi) is 4.54. The standard InChI is InChI=1S/C19H16F3N3O/c1-11-6-7-17-13(8-11)9-16(12(2)23-17)18(26)25-24-15-5-3-4-14(10-15)19(20,21)22/h3-10,24H,1-2H3,(H,25,26). The maximum absolute atomic E-state index is 12.7. The maximum Gasteiger partial charge on any atom is 0.416 e. The zero-order valence-electron chi connectivity index (χ0n) is 14.1. The minimum absolute atomic E-state index is 0.135. The van der Waals surface area contributed by atoms with Crippen LogP contribution in [0, 0.1) is 13.8 Å². The molecular formula is C19H16F3N3O. The molecule has 3 rings (SSSR count). The second-order valence-electron chi connectivity index (χ2n) is 5.98. The minimum atomic E-state index is -4.45. The topological polar surface area (TPSA) is 54.0 Å². The highest BCUT2D eigenvalue weighted by molar-refractivity contribution is 5.99. The van der Waals surface area contributed by atoms with Gasteiger partial charge in [-0.15, -0.1) is 0 Å². The molecular weight excluding hydrogens is 343 g/mol. The lowest BCUT2D eigenvalue weighted by Crippen LogP contribution is -2.30. The largest absolute Gasteiger partial charge is 0.416 e. The van der Waals surface area contributed by atoms with E-state index in [2.05, 4.69) is 15.8 Å². The molecule has 0 unspecified atom stereocenters. The Morgan fingerprint density at radius 3 is 2.54 bits per heavy atom. The zero-order valence-corrected chi connectivity index (χ0v) is 14.1. The number of nitrogens with one attached hydrogen (secondary N) is 2. The molecule has 0 spiro atoms. The molecule has 1 aromatic heterocycles. The van der Waals surface area contributed by atoms with E-state index >= 15 is 0 Å². The predicted molar refractivity (Wildman–Crippen MR) is 93.7 cm³/mol. The van der Waals surface area contributed by atoms with Crippen molar-refractivity contribution in [3.8, 4) is 0 Å². The highest BCUT2D eigenvalue weighted by Gasteiger charge is 2.30. The average Bonchev–Trinajstić information content (AvgIpc) is 2.59. The molecule has 0 aliphatic carbocycles. The summed E-state index contributed by atoms with van der Waals surface area (Å²) in [6, 6.07) is 12.0. The summed E-state index contributed by atoms with van der Waals surface area (Å²) in [4.78, 5) is 16.8. The monoisotopic (exact) mass is 359 g/mol. The van der Waals surface area contributed by atoms with Crippen LogP contribution in [0.2, 0.25) is 0 Å². The van der Waals surface area contributed by atoms with Crippen molar-refractivity contribution in [2.24, 2.45) is 0 Å². The lowest BCUT2D eigenvalue weighted by Gasteiger charge is -2.13. The fourth-order valence-electron chi connectivity index (χ4n) is 2.59. The molecule has 7 heteroatoms. The molecule has 0 radical (unpaired) electrons. The molecule has 2 N–H and O–H groups in total. The van der Waals surface area contributed by atoms with Crippen molar-refractivity contribution in [1.29, 1.82) is 0 Å². The van der Waals surface area contributed by atoms with Crippen LogP contribution in [0.3, 0.4) is 0 Å². The second kappa shape index (κ2) is 6.67. The number of fused-ring (bicyclic) bond motifs is 1. The first kappa shape index (κ1) is 17.7. The molecule has 3 aromatic rings. The van der Waals surface area contributed by atoms with E-state index in [1.54, 1.807) is 13.0 Å². The summed E-state index contributed by atoms with van der Waals surface area (Å²) in [5, 5.41) is 0.819. The van der Waals surface area contributed by atoms with Crippen LogP contribution in [0.5, 0.6) is 0 Å². The molecule has 0 saturated heterocycles. The number of aromatic nitrogens is 1. The van der Waals surface area contributed by atoms with Crippen LogP contribution in [0.1, 0.15) is 27.2 Å². The number of benzene rings is 2. The predicted octanol–water partition coefficient (Wildman–Crippen LogP) is 4.63. The molecule has 0 bridgehead atoms. The fraction of sp³-hybridized carbons (Fsp3) is 0.158. The van der Waals surface area contributed by atoms with E-state index in [0.29, 0.717) is 11.3 Å². The SMILES string of the molecule is Cc1ccc2nc(C)c(C(=O)NNc3cccc(C(F)(F)F)c3)cc2c1. The van der Waals surface area contributed by atoms with Crippen LogP contribution in [0.15, 0.2) is 48.5 Å². The van der Waals surface area contributed by atoms with Gasteiger partial charge in [-0.3, -0.25) is 20.6 Å². The Hall–Kier alpha value is -3.09. The van der Waals surface area contributed by atoms with Gasteiger partial charge in [0.05, 0.1) is 28.0 Å². The van der Waals surface area contributed by atoms with Crippen LogP contribution in [0.4, 0.5) is 18.9 Å². The van der Waals surface area contributed by atoms with E-state index in [1.165, 1.54) is 12.1 Å². The number of aryl methyl sites for hydroxylation is 2. The fourth-order valence-corrected chi connectivity index (χ4v) is 2.59. The molecule has 0 atom stereocenters. The average molecular weight is 359 g/mol. The van der Waals surface area contributed by atoms with Crippen LogP contribution >= 0.6 is 0 Å². The van der Waals surface area contributed by atoms with Crippen molar-refractivity contribution in [3.63, 3.8) is 0 Å². The first-order valence-electron chi connectivity index (χ1n) is 7.86. The van der Waals surface area contributed by atoms with Gasteiger partial charge in [-0.05, 0) is 50.2 Å². The van der Waals surface area contributed by atoms with E-state index < -0.39 is 17.6 Å². The number of amides is 1. The molecule has 26 heavy (non-hydrogen) atoms. The Morgan fingerprint density at radius 1 is 1.04 bits per heavy atom. The van der Waals surface area contributed by atoms with E-state index in [1.807, 2.05) is 25.1 Å². The van der Waals surface area contributed by atoms with Gasteiger partial charge in [0, 0.05) is 5.39 Å². The zero-order chi connectivity index (χ0) is 18.9. The van der Waals surface area contributed by atoms with Gasteiger partial charge >= 0.3 is 6.18 Å². The molecule has 134 valence electrons. The van der Waals surface area contributed by atoms with E-state index in [0.717, 1.165) is 28.6 Å². The number of pyridine rings is 1. The molecule has 0 fully saturated rings. The number of rotatable bonds is 3. The molecule has 0 saturated carbocycles. The first-order chi connectivity index (χ1) is 12.2. The van der Waals surface area contributed by atoms with E-state index in [-0.39, 0.29) is 5.69 Å².